The molecule has 1 saturated heterocycles. The Labute approximate surface area is 135 Å². The molecule has 0 spiro atoms. The maximum Gasteiger partial charge on any atom is 0.372 e. The van der Waals surface area contributed by atoms with Crippen molar-refractivity contribution in [1.29, 1.82) is 0 Å². The standard InChI is InChI=1S/C17H28O4Si/c1-4-17(14-21-15-17)13-20-11-8-12-22(18-2,19-3)16-9-6-5-7-10-16/h5-7,9-10H,4,8,11-15H2,1-3H3. The average Bonchev–Trinajstić information content (AvgIpc) is 2.54. The minimum absolute atomic E-state index is 0.260. The number of hydrogen-bond acceptors (Lipinski definition) is 4. The summed E-state index contributed by atoms with van der Waals surface area (Å²) in [6.45, 7) is 5.42. The lowest BCUT2D eigenvalue weighted by molar-refractivity contribution is -0.150. The van der Waals surface area contributed by atoms with Gasteiger partial charge in [-0.3, -0.25) is 0 Å². The van der Waals surface area contributed by atoms with Crippen molar-refractivity contribution in [3.05, 3.63) is 30.3 Å². The molecule has 2 rings (SSSR count). The van der Waals surface area contributed by atoms with E-state index in [2.05, 4.69) is 19.1 Å². The van der Waals surface area contributed by atoms with Crippen LogP contribution in [0.4, 0.5) is 0 Å². The molecule has 0 saturated carbocycles. The molecule has 0 aliphatic carbocycles. The lowest BCUT2D eigenvalue weighted by Gasteiger charge is -2.40. The van der Waals surface area contributed by atoms with Crippen molar-refractivity contribution in [2.75, 3.05) is 40.6 Å². The number of benzene rings is 1. The van der Waals surface area contributed by atoms with Crippen molar-refractivity contribution < 1.29 is 18.3 Å². The normalized spacial score (nSPS) is 17.2. The summed E-state index contributed by atoms with van der Waals surface area (Å²) in [7, 11) is 1.18. The highest BCUT2D eigenvalue weighted by Gasteiger charge is 2.38. The van der Waals surface area contributed by atoms with Gasteiger partial charge in [-0.2, -0.15) is 0 Å². The summed E-state index contributed by atoms with van der Waals surface area (Å²) in [5.74, 6) is 0. The molecule has 1 fully saturated rings. The summed E-state index contributed by atoms with van der Waals surface area (Å²) in [6, 6.07) is 11.2. The zero-order valence-electron chi connectivity index (χ0n) is 14.0. The first-order chi connectivity index (χ1) is 10.7. The highest BCUT2D eigenvalue weighted by atomic mass is 28.4. The van der Waals surface area contributed by atoms with E-state index in [1.54, 1.807) is 14.2 Å². The fraction of sp³-hybridized carbons (Fsp3) is 0.647. The molecule has 0 atom stereocenters. The second kappa shape index (κ2) is 8.22. The molecule has 5 heteroatoms. The number of hydrogen-bond donors (Lipinski definition) is 0. The molecule has 0 N–H and O–H groups in total. The van der Waals surface area contributed by atoms with Gasteiger partial charge in [0.25, 0.3) is 0 Å². The Morgan fingerprint density at radius 3 is 2.32 bits per heavy atom. The third-order valence-electron chi connectivity index (χ3n) is 4.64. The van der Waals surface area contributed by atoms with Crippen LogP contribution in [0.5, 0.6) is 0 Å². The Morgan fingerprint density at radius 2 is 1.82 bits per heavy atom. The molecule has 0 radical (unpaired) electrons. The van der Waals surface area contributed by atoms with Crippen LogP contribution in [0.3, 0.4) is 0 Å². The van der Waals surface area contributed by atoms with Crippen molar-refractivity contribution in [2.45, 2.75) is 25.8 Å². The van der Waals surface area contributed by atoms with Gasteiger partial charge in [0.15, 0.2) is 0 Å². The first-order valence-corrected chi connectivity index (χ1v) is 10.0. The van der Waals surface area contributed by atoms with Crippen LogP contribution < -0.4 is 5.19 Å². The van der Waals surface area contributed by atoms with Crippen LogP contribution in [0.1, 0.15) is 19.8 Å². The Hall–Kier alpha value is -0.723. The quantitative estimate of drug-likeness (QED) is 0.489. The second-order valence-corrected chi connectivity index (χ2v) is 9.43. The molecule has 0 unspecified atom stereocenters. The fourth-order valence-corrected chi connectivity index (χ4v) is 5.48. The SMILES string of the molecule is CCC1(COCCC[Si](OC)(OC)c2ccccc2)COC1. The molecule has 1 aliphatic heterocycles. The molecule has 0 aromatic heterocycles. The zero-order valence-corrected chi connectivity index (χ0v) is 15.0. The summed E-state index contributed by atoms with van der Waals surface area (Å²) >= 11 is 0. The van der Waals surface area contributed by atoms with Gasteiger partial charge in [-0.25, -0.2) is 0 Å². The first kappa shape index (κ1) is 17.6. The molecular weight excluding hydrogens is 296 g/mol. The van der Waals surface area contributed by atoms with Gasteiger partial charge in [-0.15, -0.1) is 0 Å². The van der Waals surface area contributed by atoms with Crippen LogP contribution in [0, 0.1) is 5.41 Å². The Balaban J connectivity index is 1.80. The smallest absolute Gasteiger partial charge is 0.372 e. The van der Waals surface area contributed by atoms with Gasteiger partial charge in [0.05, 0.1) is 19.8 Å². The van der Waals surface area contributed by atoms with Crippen molar-refractivity contribution in [1.82, 2.24) is 0 Å². The van der Waals surface area contributed by atoms with E-state index in [1.807, 2.05) is 18.2 Å². The highest BCUT2D eigenvalue weighted by molar-refractivity contribution is 6.81. The molecule has 1 aromatic carbocycles. The van der Waals surface area contributed by atoms with Gasteiger partial charge in [0.2, 0.25) is 0 Å². The second-order valence-electron chi connectivity index (χ2n) is 6.03. The van der Waals surface area contributed by atoms with Crippen molar-refractivity contribution >= 4 is 13.7 Å². The summed E-state index contributed by atoms with van der Waals surface area (Å²) in [4.78, 5) is 0. The molecule has 0 amide bonds. The molecular formula is C17H28O4Si. The average molecular weight is 324 g/mol. The van der Waals surface area contributed by atoms with E-state index < -0.39 is 8.56 Å². The Kier molecular flexibility index (Phi) is 6.59. The van der Waals surface area contributed by atoms with Gasteiger partial charge in [-0.1, -0.05) is 37.3 Å². The Morgan fingerprint density at radius 1 is 1.14 bits per heavy atom. The van der Waals surface area contributed by atoms with Crippen LogP contribution in [0.25, 0.3) is 0 Å². The van der Waals surface area contributed by atoms with Crippen LogP contribution in [-0.2, 0) is 18.3 Å². The van der Waals surface area contributed by atoms with Gasteiger partial charge < -0.3 is 18.3 Å². The van der Waals surface area contributed by atoms with E-state index >= 15 is 0 Å². The van der Waals surface area contributed by atoms with E-state index in [1.165, 1.54) is 5.19 Å². The van der Waals surface area contributed by atoms with Crippen LogP contribution in [0.15, 0.2) is 30.3 Å². The number of rotatable bonds is 10. The van der Waals surface area contributed by atoms with Gasteiger partial charge >= 0.3 is 8.56 Å². The van der Waals surface area contributed by atoms with Crippen molar-refractivity contribution in [2.24, 2.45) is 5.41 Å². The molecule has 4 nitrogen and oxygen atoms in total. The number of ether oxygens (including phenoxy) is 2. The van der Waals surface area contributed by atoms with Crippen LogP contribution in [-0.4, -0.2) is 49.2 Å². The van der Waals surface area contributed by atoms with E-state index in [4.69, 9.17) is 18.3 Å². The third kappa shape index (κ3) is 3.97. The van der Waals surface area contributed by atoms with E-state index in [9.17, 15) is 0 Å². The maximum atomic E-state index is 5.88. The lowest BCUT2D eigenvalue weighted by atomic mass is 9.84. The summed E-state index contributed by atoms with van der Waals surface area (Å²) in [6.07, 6.45) is 2.06. The lowest BCUT2D eigenvalue weighted by Crippen LogP contribution is -2.52. The van der Waals surface area contributed by atoms with Gasteiger partial charge in [0.1, 0.15) is 0 Å². The predicted molar refractivity (Wildman–Crippen MR) is 89.6 cm³/mol. The predicted octanol–water partition coefficient (Wildman–Crippen LogP) is 2.46. The first-order valence-electron chi connectivity index (χ1n) is 8.02. The summed E-state index contributed by atoms with van der Waals surface area (Å²) in [5, 5.41) is 1.18. The fourth-order valence-electron chi connectivity index (χ4n) is 2.84. The van der Waals surface area contributed by atoms with E-state index in [-0.39, 0.29) is 5.41 Å². The molecule has 124 valence electrons. The topological polar surface area (TPSA) is 36.9 Å². The minimum Gasteiger partial charge on any atom is -0.394 e. The van der Waals surface area contributed by atoms with Gasteiger partial charge in [-0.05, 0) is 24.1 Å². The van der Waals surface area contributed by atoms with Crippen LogP contribution >= 0.6 is 0 Å². The molecule has 1 aliphatic rings. The highest BCUT2D eigenvalue weighted by Crippen LogP contribution is 2.31. The zero-order chi connectivity index (χ0) is 15.9. The van der Waals surface area contributed by atoms with Gasteiger partial charge in [0, 0.05) is 26.2 Å². The summed E-state index contributed by atoms with van der Waals surface area (Å²) in [5.41, 5.74) is 0.260. The third-order valence-corrected chi connectivity index (χ3v) is 8.19. The molecule has 1 heterocycles. The van der Waals surface area contributed by atoms with E-state index in [0.29, 0.717) is 0 Å². The summed E-state index contributed by atoms with van der Waals surface area (Å²) < 4.78 is 22.8. The maximum absolute atomic E-state index is 5.88. The molecule has 1 aromatic rings. The van der Waals surface area contributed by atoms with Crippen molar-refractivity contribution in [3.8, 4) is 0 Å². The minimum atomic E-state index is -2.32. The largest absolute Gasteiger partial charge is 0.394 e. The Bertz CT molecular complexity index is 424. The van der Waals surface area contributed by atoms with E-state index in [0.717, 1.165) is 45.3 Å². The molecule has 0 bridgehead atoms. The van der Waals surface area contributed by atoms with Crippen molar-refractivity contribution in [3.63, 3.8) is 0 Å². The molecule has 22 heavy (non-hydrogen) atoms. The monoisotopic (exact) mass is 324 g/mol. The van der Waals surface area contributed by atoms with Crippen LogP contribution in [0.2, 0.25) is 6.04 Å².